The molecule has 9 heteroatoms. The first-order chi connectivity index (χ1) is 16.0. The van der Waals surface area contributed by atoms with Crippen LogP contribution >= 0.6 is 34.8 Å². The predicted octanol–water partition coefficient (Wildman–Crippen LogP) is 5.69. The SMILES string of the molecule is O=c1c2ncn(-c3ccc(CO)cc3)c2nc(-c2ccc(Cl)cc2Cl)n1-c1ccc(Cl)cc1. The highest BCUT2D eigenvalue weighted by atomic mass is 35.5. The Bertz CT molecular complexity index is 1540. The van der Waals surface area contributed by atoms with Gasteiger partial charge in [-0.15, -0.1) is 0 Å². The fourth-order valence-electron chi connectivity index (χ4n) is 3.58. The second kappa shape index (κ2) is 8.65. The fraction of sp³-hybridized carbons (Fsp3) is 0.0417. The van der Waals surface area contributed by atoms with E-state index in [1.165, 1.54) is 4.57 Å². The Morgan fingerprint density at radius 2 is 1.52 bits per heavy atom. The van der Waals surface area contributed by atoms with E-state index in [1.807, 2.05) is 12.1 Å². The molecule has 33 heavy (non-hydrogen) atoms. The van der Waals surface area contributed by atoms with Crippen LogP contribution in [0.3, 0.4) is 0 Å². The number of aromatic nitrogens is 4. The largest absolute Gasteiger partial charge is 0.392 e. The van der Waals surface area contributed by atoms with Crippen LogP contribution < -0.4 is 5.56 Å². The minimum absolute atomic E-state index is 0.0613. The van der Waals surface area contributed by atoms with E-state index in [9.17, 15) is 9.90 Å². The molecular weight excluding hydrogens is 483 g/mol. The summed E-state index contributed by atoms with van der Waals surface area (Å²) in [6.07, 6.45) is 1.55. The number of aliphatic hydroxyl groups excluding tert-OH is 1. The number of fused-ring (bicyclic) bond motifs is 1. The van der Waals surface area contributed by atoms with Crippen LogP contribution in [-0.2, 0) is 6.61 Å². The molecule has 0 aliphatic rings. The molecule has 1 N–H and O–H groups in total. The molecule has 5 rings (SSSR count). The number of imidazole rings is 1. The highest BCUT2D eigenvalue weighted by Gasteiger charge is 2.20. The lowest BCUT2D eigenvalue weighted by atomic mass is 10.2. The van der Waals surface area contributed by atoms with E-state index >= 15 is 0 Å². The van der Waals surface area contributed by atoms with E-state index in [0.29, 0.717) is 37.8 Å². The zero-order chi connectivity index (χ0) is 23.1. The van der Waals surface area contributed by atoms with Crippen molar-refractivity contribution in [3.8, 4) is 22.8 Å². The van der Waals surface area contributed by atoms with Gasteiger partial charge in [-0.25, -0.2) is 9.97 Å². The molecule has 5 aromatic rings. The van der Waals surface area contributed by atoms with Crippen LogP contribution in [0.5, 0.6) is 0 Å². The van der Waals surface area contributed by atoms with Crippen molar-refractivity contribution in [2.45, 2.75) is 6.61 Å². The van der Waals surface area contributed by atoms with Gasteiger partial charge in [-0.05, 0) is 60.2 Å². The van der Waals surface area contributed by atoms with Gasteiger partial charge in [0.2, 0.25) is 0 Å². The Balaban J connectivity index is 1.82. The van der Waals surface area contributed by atoms with E-state index in [4.69, 9.17) is 39.8 Å². The Labute approximate surface area is 203 Å². The zero-order valence-corrected chi connectivity index (χ0v) is 19.2. The topological polar surface area (TPSA) is 72.9 Å². The highest BCUT2D eigenvalue weighted by molar-refractivity contribution is 6.36. The Morgan fingerprint density at radius 1 is 0.848 bits per heavy atom. The molecule has 0 saturated heterocycles. The van der Waals surface area contributed by atoms with E-state index in [0.717, 1.165) is 11.3 Å². The fourth-order valence-corrected chi connectivity index (χ4v) is 4.20. The summed E-state index contributed by atoms with van der Waals surface area (Å²) in [5.74, 6) is 0.338. The smallest absolute Gasteiger partial charge is 0.286 e. The summed E-state index contributed by atoms with van der Waals surface area (Å²) in [5.41, 5.74) is 2.86. The highest BCUT2D eigenvalue weighted by Crippen LogP contribution is 2.31. The Morgan fingerprint density at radius 3 is 2.18 bits per heavy atom. The molecule has 2 aromatic heterocycles. The molecule has 2 heterocycles. The van der Waals surface area contributed by atoms with Crippen molar-refractivity contribution in [2.24, 2.45) is 0 Å². The first-order valence-electron chi connectivity index (χ1n) is 9.88. The van der Waals surface area contributed by atoms with Gasteiger partial charge in [0, 0.05) is 21.3 Å². The molecule has 0 aliphatic carbocycles. The third kappa shape index (κ3) is 3.92. The van der Waals surface area contributed by atoms with E-state index < -0.39 is 0 Å². The minimum atomic E-state index is -0.353. The summed E-state index contributed by atoms with van der Waals surface area (Å²) in [6.45, 7) is -0.0613. The Hall–Kier alpha value is -3.16. The first-order valence-corrected chi connectivity index (χ1v) is 11.0. The summed E-state index contributed by atoms with van der Waals surface area (Å²) in [4.78, 5) is 22.8. The lowest BCUT2D eigenvalue weighted by Gasteiger charge is -2.14. The van der Waals surface area contributed by atoms with E-state index in [1.54, 1.807) is 65.5 Å². The molecule has 0 fully saturated rings. The van der Waals surface area contributed by atoms with Gasteiger partial charge in [0.1, 0.15) is 6.33 Å². The molecule has 0 unspecified atom stereocenters. The molecule has 0 radical (unpaired) electrons. The third-order valence-electron chi connectivity index (χ3n) is 5.23. The predicted molar refractivity (Wildman–Crippen MR) is 131 cm³/mol. The number of rotatable bonds is 4. The first kappa shape index (κ1) is 21.7. The second-order valence-corrected chi connectivity index (χ2v) is 8.57. The normalized spacial score (nSPS) is 11.3. The van der Waals surface area contributed by atoms with Crippen LogP contribution in [0.4, 0.5) is 0 Å². The molecule has 164 valence electrons. The van der Waals surface area contributed by atoms with Gasteiger partial charge in [-0.3, -0.25) is 13.9 Å². The standard InChI is InChI=1S/C24H15Cl3N4O2/c25-15-3-8-18(9-4-15)31-22(19-10-5-16(26)11-20(19)27)29-23-21(24(31)33)28-13-30(23)17-6-1-14(12-32)2-7-17/h1-11,13,32H,12H2. The molecule has 0 bridgehead atoms. The lowest BCUT2D eigenvalue weighted by molar-refractivity contribution is 0.282. The molecule has 0 spiro atoms. The maximum atomic E-state index is 13.6. The number of halogens is 3. The maximum Gasteiger partial charge on any atom is 0.286 e. The number of benzene rings is 3. The van der Waals surface area contributed by atoms with Gasteiger partial charge in [0.05, 0.1) is 17.3 Å². The zero-order valence-electron chi connectivity index (χ0n) is 16.9. The van der Waals surface area contributed by atoms with Crippen molar-refractivity contribution in [1.82, 2.24) is 19.1 Å². The van der Waals surface area contributed by atoms with Crippen LogP contribution in [-0.4, -0.2) is 24.2 Å². The van der Waals surface area contributed by atoms with Gasteiger partial charge in [0.15, 0.2) is 17.0 Å². The average molecular weight is 498 g/mol. The second-order valence-electron chi connectivity index (χ2n) is 7.29. The molecule has 0 atom stereocenters. The van der Waals surface area contributed by atoms with Crippen LogP contribution in [0.15, 0.2) is 77.9 Å². The summed E-state index contributed by atoms with van der Waals surface area (Å²) in [5, 5.41) is 10.7. The van der Waals surface area contributed by atoms with Gasteiger partial charge >= 0.3 is 0 Å². The van der Waals surface area contributed by atoms with Gasteiger partial charge < -0.3 is 5.11 Å². The number of hydrogen-bond donors (Lipinski definition) is 1. The van der Waals surface area contributed by atoms with Crippen LogP contribution in [0.1, 0.15) is 5.56 Å². The summed E-state index contributed by atoms with van der Waals surface area (Å²) in [6, 6.07) is 19.1. The quantitative estimate of drug-likeness (QED) is 0.346. The Kier molecular flexibility index (Phi) is 5.68. The van der Waals surface area contributed by atoms with Crippen LogP contribution in [0.2, 0.25) is 15.1 Å². The van der Waals surface area contributed by atoms with Crippen molar-refractivity contribution in [2.75, 3.05) is 0 Å². The van der Waals surface area contributed by atoms with E-state index in [-0.39, 0.29) is 17.7 Å². The van der Waals surface area contributed by atoms with Crippen molar-refractivity contribution >= 4 is 46.0 Å². The number of nitrogens with zero attached hydrogens (tertiary/aromatic N) is 4. The lowest BCUT2D eigenvalue weighted by Crippen LogP contribution is -2.22. The van der Waals surface area contributed by atoms with Crippen LogP contribution in [0.25, 0.3) is 33.9 Å². The molecule has 6 nitrogen and oxygen atoms in total. The van der Waals surface area contributed by atoms with Gasteiger partial charge in [-0.1, -0.05) is 46.9 Å². The third-order valence-corrected chi connectivity index (χ3v) is 6.03. The summed E-state index contributed by atoms with van der Waals surface area (Å²) < 4.78 is 3.18. The average Bonchev–Trinajstić information content (AvgIpc) is 3.24. The maximum absolute atomic E-state index is 13.6. The van der Waals surface area contributed by atoms with Crippen molar-refractivity contribution in [1.29, 1.82) is 0 Å². The van der Waals surface area contributed by atoms with Gasteiger partial charge in [0.25, 0.3) is 5.56 Å². The molecule has 0 saturated carbocycles. The molecule has 3 aromatic carbocycles. The summed E-state index contributed by atoms with van der Waals surface area (Å²) in [7, 11) is 0. The van der Waals surface area contributed by atoms with Crippen molar-refractivity contribution in [3.05, 3.63) is 104 Å². The molecule has 0 aliphatic heterocycles. The van der Waals surface area contributed by atoms with Crippen molar-refractivity contribution in [3.63, 3.8) is 0 Å². The van der Waals surface area contributed by atoms with Crippen LogP contribution in [0, 0.1) is 0 Å². The molecular formula is C24H15Cl3N4O2. The minimum Gasteiger partial charge on any atom is -0.392 e. The monoisotopic (exact) mass is 496 g/mol. The number of aliphatic hydroxyl groups is 1. The van der Waals surface area contributed by atoms with Crippen molar-refractivity contribution < 1.29 is 5.11 Å². The summed E-state index contributed by atoms with van der Waals surface area (Å²) >= 11 is 18.7. The molecule has 0 amide bonds. The van der Waals surface area contributed by atoms with E-state index in [2.05, 4.69) is 4.98 Å². The number of hydrogen-bond acceptors (Lipinski definition) is 4. The van der Waals surface area contributed by atoms with Gasteiger partial charge in [-0.2, -0.15) is 0 Å².